The van der Waals surface area contributed by atoms with Gasteiger partial charge in [0.1, 0.15) is 11.5 Å². The molecule has 220 valence electrons. The van der Waals surface area contributed by atoms with Crippen LogP contribution in [0.4, 0.5) is 0 Å². The third-order valence-corrected chi connectivity index (χ3v) is 6.58. The summed E-state index contributed by atoms with van der Waals surface area (Å²) in [6.07, 6.45) is 0.273. The predicted octanol–water partition coefficient (Wildman–Crippen LogP) is 6.42. The molecule has 0 aliphatic rings. The van der Waals surface area contributed by atoms with Crippen molar-refractivity contribution in [3.05, 3.63) is 130 Å². The number of benzene rings is 4. The molecule has 0 saturated heterocycles. The minimum atomic E-state index is -0.715. The molecule has 0 spiro atoms. The molecule has 0 saturated carbocycles. The van der Waals surface area contributed by atoms with Crippen molar-refractivity contribution in [2.45, 2.75) is 33.4 Å². The normalized spacial score (nSPS) is 10.5. The fourth-order valence-corrected chi connectivity index (χ4v) is 4.51. The van der Waals surface area contributed by atoms with Crippen molar-refractivity contribution >= 4 is 24.1 Å². The number of rotatable bonds is 13. The molecule has 4 aromatic rings. The minimum Gasteiger partial charge on any atom is -0.462 e. The Morgan fingerprint density at radius 1 is 0.674 bits per heavy atom. The van der Waals surface area contributed by atoms with Gasteiger partial charge in [-0.05, 0) is 66.9 Å². The summed E-state index contributed by atoms with van der Waals surface area (Å²) < 4.78 is 16.2. The van der Waals surface area contributed by atoms with Crippen molar-refractivity contribution in [2.75, 3.05) is 13.2 Å². The number of carbonyl (C=O) groups is 4. The van der Waals surface area contributed by atoms with E-state index < -0.39 is 11.9 Å². The van der Waals surface area contributed by atoms with Crippen LogP contribution in [-0.4, -0.2) is 42.2 Å². The number of hydrogen-bond donors (Lipinski definition) is 0. The average Bonchev–Trinajstić information content (AvgIpc) is 3.02. The van der Waals surface area contributed by atoms with Gasteiger partial charge in [-0.2, -0.15) is 0 Å². The lowest BCUT2D eigenvalue weighted by Gasteiger charge is -2.24. The Hall–Kier alpha value is -5.24. The topological polar surface area (TPSA) is 99.2 Å². The fraction of sp³-hybridized carbons (Fsp3) is 0.200. The SMILES string of the molecule is CCOC(=O)c1cc(CC(=O)N(Cc2ccccc2)Cc2ccc(Oc3ccccc3)cc2)c(C(=O)OCC)cc1C=O. The molecule has 0 aliphatic carbocycles. The molecule has 8 heteroatoms. The summed E-state index contributed by atoms with van der Waals surface area (Å²) in [5.41, 5.74) is 2.08. The molecule has 0 N–H and O–H groups in total. The van der Waals surface area contributed by atoms with Crippen LogP contribution in [0.15, 0.2) is 97.1 Å². The summed E-state index contributed by atoms with van der Waals surface area (Å²) in [5, 5.41) is 0. The summed E-state index contributed by atoms with van der Waals surface area (Å²) >= 11 is 0. The third kappa shape index (κ3) is 8.39. The second-order valence-corrected chi connectivity index (χ2v) is 9.63. The largest absolute Gasteiger partial charge is 0.462 e. The number of nitrogens with zero attached hydrogens (tertiary/aromatic N) is 1. The first-order valence-corrected chi connectivity index (χ1v) is 14.0. The zero-order chi connectivity index (χ0) is 30.6. The van der Waals surface area contributed by atoms with E-state index in [4.69, 9.17) is 14.2 Å². The lowest BCUT2D eigenvalue weighted by molar-refractivity contribution is -0.131. The Morgan fingerprint density at radius 3 is 1.79 bits per heavy atom. The van der Waals surface area contributed by atoms with Crippen molar-refractivity contribution in [1.29, 1.82) is 0 Å². The molecule has 0 radical (unpaired) electrons. The zero-order valence-electron chi connectivity index (χ0n) is 24.2. The van der Waals surface area contributed by atoms with Gasteiger partial charge < -0.3 is 19.1 Å². The lowest BCUT2D eigenvalue weighted by atomic mass is 9.96. The summed E-state index contributed by atoms with van der Waals surface area (Å²) in [6, 6.07) is 29.1. The van der Waals surface area contributed by atoms with Gasteiger partial charge in [-0.1, -0.05) is 60.7 Å². The van der Waals surface area contributed by atoms with Crippen molar-refractivity contribution in [3.8, 4) is 11.5 Å². The maximum Gasteiger partial charge on any atom is 0.338 e. The van der Waals surface area contributed by atoms with Crippen LogP contribution < -0.4 is 4.74 Å². The zero-order valence-corrected chi connectivity index (χ0v) is 24.2. The number of aldehydes is 1. The van der Waals surface area contributed by atoms with E-state index >= 15 is 0 Å². The predicted molar refractivity (Wildman–Crippen MR) is 161 cm³/mol. The van der Waals surface area contributed by atoms with Crippen molar-refractivity contribution in [2.24, 2.45) is 0 Å². The van der Waals surface area contributed by atoms with Crippen LogP contribution in [0, 0.1) is 0 Å². The van der Waals surface area contributed by atoms with E-state index in [0.717, 1.165) is 16.9 Å². The second kappa shape index (κ2) is 15.1. The summed E-state index contributed by atoms with van der Waals surface area (Å²) in [5.74, 6) is -0.305. The Morgan fingerprint density at radius 2 is 1.21 bits per heavy atom. The van der Waals surface area contributed by atoms with Gasteiger partial charge in [0, 0.05) is 18.7 Å². The van der Waals surface area contributed by atoms with Gasteiger partial charge in [0.05, 0.1) is 30.8 Å². The minimum absolute atomic E-state index is 0.0170. The van der Waals surface area contributed by atoms with Crippen LogP contribution in [0.5, 0.6) is 11.5 Å². The Labute approximate surface area is 250 Å². The fourth-order valence-electron chi connectivity index (χ4n) is 4.51. The Kier molecular flexibility index (Phi) is 10.8. The number of hydrogen-bond acceptors (Lipinski definition) is 7. The van der Waals surface area contributed by atoms with E-state index in [-0.39, 0.29) is 54.3 Å². The van der Waals surface area contributed by atoms with Crippen LogP contribution in [-0.2, 0) is 33.8 Å². The van der Waals surface area contributed by atoms with Crippen molar-refractivity contribution < 1.29 is 33.4 Å². The first-order chi connectivity index (χ1) is 20.9. The molecule has 4 aromatic carbocycles. The van der Waals surface area contributed by atoms with Crippen LogP contribution in [0.25, 0.3) is 0 Å². The molecule has 1 amide bonds. The van der Waals surface area contributed by atoms with Gasteiger partial charge in [-0.3, -0.25) is 9.59 Å². The summed E-state index contributed by atoms with van der Waals surface area (Å²) in [6.45, 7) is 4.11. The van der Waals surface area contributed by atoms with Crippen LogP contribution in [0.2, 0.25) is 0 Å². The monoisotopic (exact) mass is 579 g/mol. The van der Waals surface area contributed by atoms with Crippen LogP contribution in [0.3, 0.4) is 0 Å². The van der Waals surface area contributed by atoms with E-state index in [1.807, 2.05) is 84.9 Å². The number of para-hydroxylation sites is 1. The third-order valence-electron chi connectivity index (χ3n) is 6.58. The lowest BCUT2D eigenvalue weighted by Crippen LogP contribution is -2.32. The van der Waals surface area contributed by atoms with E-state index in [0.29, 0.717) is 18.6 Å². The van der Waals surface area contributed by atoms with Crippen LogP contribution >= 0.6 is 0 Å². The Bertz CT molecular complexity index is 1550. The molecular formula is C35H33NO7. The van der Waals surface area contributed by atoms with Gasteiger partial charge >= 0.3 is 11.9 Å². The summed E-state index contributed by atoms with van der Waals surface area (Å²) in [7, 11) is 0. The number of esters is 2. The van der Waals surface area contributed by atoms with Gasteiger partial charge in [-0.25, -0.2) is 9.59 Å². The van der Waals surface area contributed by atoms with Gasteiger partial charge in [0.15, 0.2) is 6.29 Å². The quantitative estimate of drug-likeness (QED) is 0.133. The van der Waals surface area contributed by atoms with Crippen LogP contribution in [0.1, 0.15) is 61.6 Å². The van der Waals surface area contributed by atoms with Gasteiger partial charge in [0.25, 0.3) is 0 Å². The molecular weight excluding hydrogens is 546 g/mol. The maximum absolute atomic E-state index is 13.9. The Balaban J connectivity index is 1.63. The molecule has 0 aromatic heterocycles. The molecule has 4 rings (SSSR count). The van der Waals surface area contributed by atoms with Gasteiger partial charge in [0.2, 0.25) is 5.91 Å². The molecule has 0 heterocycles. The molecule has 0 atom stereocenters. The highest BCUT2D eigenvalue weighted by Crippen LogP contribution is 2.24. The molecule has 0 aliphatic heterocycles. The van der Waals surface area contributed by atoms with Gasteiger partial charge in [-0.15, -0.1) is 0 Å². The van der Waals surface area contributed by atoms with E-state index in [1.165, 1.54) is 12.1 Å². The number of ether oxygens (including phenoxy) is 3. The molecule has 8 nitrogen and oxygen atoms in total. The van der Waals surface area contributed by atoms with Crippen molar-refractivity contribution in [1.82, 2.24) is 4.90 Å². The number of amides is 1. The second-order valence-electron chi connectivity index (χ2n) is 9.63. The highest BCUT2D eigenvalue weighted by atomic mass is 16.5. The molecule has 43 heavy (non-hydrogen) atoms. The number of carbonyl (C=O) groups excluding carboxylic acids is 4. The first kappa shape index (κ1) is 30.7. The molecule has 0 bridgehead atoms. The van der Waals surface area contributed by atoms with E-state index in [9.17, 15) is 19.2 Å². The molecule has 0 unspecified atom stereocenters. The smallest absolute Gasteiger partial charge is 0.338 e. The van der Waals surface area contributed by atoms with E-state index in [2.05, 4.69) is 0 Å². The first-order valence-electron chi connectivity index (χ1n) is 14.0. The molecule has 0 fully saturated rings. The van der Waals surface area contributed by atoms with E-state index in [1.54, 1.807) is 18.7 Å². The maximum atomic E-state index is 13.9. The van der Waals surface area contributed by atoms with Crippen molar-refractivity contribution in [3.63, 3.8) is 0 Å². The highest BCUT2D eigenvalue weighted by molar-refractivity contribution is 6.02. The summed E-state index contributed by atoms with van der Waals surface area (Å²) in [4.78, 5) is 52.8. The standard InChI is InChI=1S/C35H33NO7/c1-3-41-34(39)31-20-28(24-37)32(35(40)42-4-2)19-27(31)21-33(38)36(22-25-11-7-5-8-12-25)23-26-15-17-30(18-16-26)43-29-13-9-6-10-14-29/h5-20,24H,3-4,21-23H2,1-2H3. The highest BCUT2D eigenvalue weighted by Gasteiger charge is 2.24. The average molecular weight is 580 g/mol.